The molecule has 0 aliphatic carbocycles. The summed E-state index contributed by atoms with van der Waals surface area (Å²) < 4.78 is 2.00. The van der Waals surface area contributed by atoms with Gasteiger partial charge in [-0.05, 0) is 30.4 Å². The molecule has 0 aliphatic heterocycles. The fourth-order valence-corrected chi connectivity index (χ4v) is 3.59. The molecule has 7 nitrogen and oxygen atoms in total. The van der Waals surface area contributed by atoms with E-state index in [2.05, 4.69) is 91.4 Å². The van der Waals surface area contributed by atoms with Gasteiger partial charge < -0.3 is 15.2 Å². The molecule has 0 spiro atoms. The number of nitrogens with zero attached hydrogens (tertiary/aromatic N) is 5. The zero-order valence-corrected chi connectivity index (χ0v) is 19.0. The molecule has 0 bridgehead atoms. The van der Waals surface area contributed by atoms with E-state index in [0.717, 1.165) is 64.5 Å². The molecule has 0 amide bonds. The number of aromatic nitrogens is 3. The summed E-state index contributed by atoms with van der Waals surface area (Å²) in [6.45, 7) is 5.66. The van der Waals surface area contributed by atoms with Crippen molar-refractivity contribution in [3.63, 3.8) is 0 Å². The molecule has 1 aromatic heterocycles. The average Bonchev–Trinajstić information content (AvgIpc) is 3.35. The minimum absolute atomic E-state index is 0.868. The maximum Gasteiger partial charge on any atom is 0.190 e. The van der Waals surface area contributed by atoms with Crippen LogP contribution < -0.4 is 10.6 Å². The Morgan fingerprint density at radius 1 is 0.812 bits per heavy atom. The van der Waals surface area contributed by atoms with Crippen LogP contribution in [0.4, 0.5) is 0 Å². The minimum atomic E-state index is 0.868. The van der Waals surface area contributed by atoms with E-state index in [4.69, 9.17) is 0 Å². The number of rotatable bonds is 13. The molecule has 0 radical (unpaired) electrons. The highest BCUT2D eigenvalue weighted by Gasteiger charge is 2.07. The second kappa shape index (κ2) is 14.0. The molecule has 7 heteroatoms. The van der Waals surface area contributed by atoms with Crippen molar-refractivity contribution in [2.75, 3.05) is 26.7 Å². The summed E-state index contributed by atoms with van der Waals surface area (Å²) in [5, 5.41) is 14.5. The molecule has 0 saturated heterocycles. The Labute approximate surface area is 191 Å². The van der Waals surface area contributed by atoms with Gasteiger partial charge in [-0.2, -0.15) is 0 Å². The number of aliphatic imine (C=N–C) groups is 1. The first-order valence-electron chi connectivity index (χ1n) is 11.4. The third-order valence-corrected chi connectivity index (χ3v) is 5.27. The van der Waals surface area contributed by atoms with Gasteiger partial charge in [0.1, 0.15) is 12.7 Å². The Kier molecular flexibility index (Phi) is 10.3. The van der Waals surface area contributed by atoms with Crippen molar-refractivity contribution in [3.8, 4) is 0 Å². The van der Waals surface area contributed by atoms with Crippen molar-refractivity contribution in [3.05, 3.63) is 84.4 Å². The van der Waals surface area contributed by atoms with Gasteiger partial charge in [-0.1, -0.05) is 60.7 Å². The van der Waals surface area contributed by atoms with E-state index in [-0.39, 0.29) is 0 Å². The summed E-state index contributed by atoms with van der Waals surface area (Å²) in [6.07, 6.45) is 6.71. The second-order valence-electron chi connectivity index (χ2n) is 7.87. The van der Waals surface area contributed by atoms with Gasteiger partial charge in [0, 0.05) is 46.3 Å². The van der Waals surface area contributed by atoms with Crippen molar-refractivity contribution in [2.24, 2.45) is 4.99 Å². The number of guanidine groups is 1. The third-order valence-electron chi connectivity index (χ3n) is 5.27. The molecule has 2 aromatic carbocycles. The SMILES string of the molecule is CN=C(NCCCCn1cnnc1)NCCCN(Cc1ccccc1)Cc1ccccc1. The van der Waals surface area contributed by atoms with Crippen LogP contribution >= 0.6 is 0 Å². The van der Waals surface area contributed by atoms with E-state index in [1.807, 2.05) is 11.6 Å². The molecular formula is C25H35N7. The van der Waals surface area contributed by atoms with E-state index in [1.54, 1.807) is 12.7 Å². The molecule has 32 heavy (non-hydrogen) atoms. The van der Waals surface area contributed by atoms with E-state index >= 15 is 0 Å². The van der Waals surface area contributed by atoms with Crippen LogP contribution in [0.1, 0.15) is 30.4 Å². The van der Waals surface area contributed by atoms with Gasteiger partial charge in [0.15, 0.2) is 5.96 Å². The van der Waals surface area contributed by atoms with Gasteiger partial charge in [0.25, 0.3) is 0 Å². The van der Waals surface area contributed by atoms with Crippen LogP contribution in [0, 0.1) is 0 Å². The first kappa shape index (κ1) is 23.5. The highest BCUT2D eigenvalue weighted by Crippen LogP contribution is 2.10. The Balaban J connectivity index is 1.36. The van der Waals surface area contributed by atoms with Gasteiger partial charge in [-0.3, -0.25) is 9.89 Å². The fraction of sp³-hybridized carbons (Fsp3) is 0.400. The number of benzene rings is 2. The summed E-state index contributed by atoms with van der Waals surface area (Å²) in [6, 6.07) is 21.4. The predicted octanol–water partition coefficient (Wildman–Crippen LogP) is 3.32. The van der Waals surface area contributed by atoms with Crippen molar-refractivity contribution in [1.82, 2.24) is 30.3 Å². The molecule has 0 fully saturated rings. The number of unbranched alkanes of at least 4 members (excludes halogenated alkanes) is 1. The Bertz CT molecular complexity index is 838. The fourth-order valence-electron chi connectivity index (χ4n) is 3.59. The van der Waals surface area contributed by atoms with Crippen molar-refractivity contribution < 1.29 is 0 Å². The standard InChI is InChI=1S/C25H35N7/c1-26-25(27-15-8-9-17-32-21-29-30-22-32)28-16-10-18-31(19-23-11-4-2-5-12-23)20-24-13-6-3-7-14-24/h2-7,11-14,21-22H,8-10,15-20H2,1H3,(H2,26,27,28). The number of hydrogen-bond donors (Lipinski definition) is 2. The summed E-state index contributed by atoms with van der Waals surface area (Å²) in [5.74, 6) is 0.868. The van der Waals surface area contributed by atoms with Crippen LogP contribution in [0.5, 0.6) is 0 Å². The number of hydrogen-bond acceptors (Lipinski definition) is 4. The number of aryl methyl sites for hydroxylation is 1. The molecule has 0 atom stereocenters. The van der Waals surface area contributed by atoms with Crippen LogP contribution in [-0.2, 0) is 19.6 Å². The maximum absolute atomic E-state index is 4.34. The van der Waals surface area contributed by atoms with E-state index in [1.165, 1.54) is 11.1 Å². The molecule has 1 heterocycles. The van der Waals surface area contributed by atoms with E-state index in [0.29, 0.717) is 0 Å². The molecular weight excluding hydrogens is 398 g/mol. The molecule has 2 N–H and O–H groups in total. The first-order chi connectivity index (χ1) is 15.8. The lowest BCUT2D eigenvalue weighted by Gasteiger charge is -2.23. The Morgan fingerprint density at radius 2 is 1.38 bits per heavy atom. The highest BCUT2D eigenvalue weighted by molar-refractivity contribution is 5.79. The summed E-state index contributed by atoms with van der Waals surface area (Å²) in [4.78, 5) is 6.85. The molecule has 0 aliphatic rings. The lowest BCUT2D eigenvalue weighted by Crippen LogP contribution is -2.39. The minimum Gasteiger partial charge on any atom is -0.356 e. The molecule has 3 aromatic rings. The van der Waals surface area contributed by atoms with Gasteiger partial charge in [-0.25, -0.2) is 0 Å². The van der Waals surface area contributed by atoms with Gasteiger partial charge in [0.2, 0.25) is 0 Å². The predicted molar refractivity (Wildman–Crippen MR) is 130 cm³/mol. The zero-order valence-electron chi connectivity index (χ0n) is 19.0. The molecule has 170 valence electrons. The van der Waals surface area contributed by atoms with Gasteiger partial charge in [0.05, 0.1) is 0 Å². The largest absolute Gasteiger partial charge is 0.356 e. The lowest BCUT2D eigenvalue weighted by molar-refractivity contribution is 0.254. The van der Waals surface area contributed by atoms with Crippen molar-refractivity contribution in [1.29, 1.82) is 0 Å². The first-order valence-corrected chi connectivity index (χ1v) is 11.4. The third kappa shape index (κ3) is 8.89. The monoisotopic (exact) mass is 433 g/mol. The van der Waals surface area contributed by atoms with Crippen LogP contribution in [-0.4, -0.2) is 52.3 Å². The second-order valence-corrected chi connectivity index (χ2v) is 7.87. The summed E-state index contributed by atoms with van der Waals surface area (Å²) >= 11 is 0. The van der Waals surface area contributed by atoms with E-state index < -0.39 is 0 Å². The summed E-state index contributed by atoms with van der Waals surface area (Å²) in [5.41, 5.74) is 2.70. The quantitative estimate of drug-likeness (QED) is 0.246. The highest BCUT2D eigenvalue weighted by atomic mass is 15.2. The van der Waals surface area contributed by atoms with Crippen molar-refractivity contribution >= 4 is 5.96 Å². The van der Waals surface area contributed by atoms with Gasteiger partial charge in [-0.15, -0.1) is 10.2 Å². The van der Waals surface area contributed by atoms with Crippen LogP contribution in [0.25, 0.3) is 0 Å². The maximum atomic E-state index is 4.34. The van der Waals surface area contributed by atoms with Crippen LogP contribution in [0.3, 0.4) is 0 Å². The summed E-state index contributed by atoms with van der Waals surface area (Å²) in [7, 11) is 1.82. The van der Waals surface area contributed by atoms with E-state index in [9.17, 15) is 0 Å². The van der Waals surface area contributed by atoms with Crippen LogP contribution in [0.2, 0.25) is 0 Å². The average molecular weight is 434 g/mol. The smallest absolute Gasteiger partial charge is 0.190 e. The lowest BCUT2D eigenvalue weighted by atomic mass is 10.1. The van der Waals surface area contributed by atoms with Crippen LogP contribution in [0.15, 0.2) is 78.3 Å². The zero-order chi connectivity index (χ0) is 22.3. The topological polar surface area (TPSA) is 70.4 Å². The van der Waals surface area contributed by atoms with Gasteiger partial charge >= 0.3 is 0 Å². The molecule has 3 rings (SSSR count). The molecule has 0 saturated carbocycles. The Hall–Kier alpha value is -3.19. The molecule has 0 unspecified atom stereocenters. The normalized spacial score (nSPS) is 11.6. The Morgan fingerprint density at radius 3 is 1.94 bits per heavy atom. The van der Waals surface area contributed by atoms with Crippen molar-refractivity contribution in [2.45, 2.75) is 38.9 Å². The number of nitrogens with one attached hydrogen (secondary N) is 2.